The Morgan fingerprint density at radius 2 is 2.15 bits per heavy atom. The largest absolute Gasteiger partial charge is 0.464 e. The number of nitrogens with zero attached hydrogens (tertiary/aromatic N) is 4. The van der Waals surface area contributed by atoms with E-state index >= 15 is 0 Å². The average Bonchev–Trinajstić information content (AvgIpc) is 3.07. The van der Waals surface area contributed by atoms with Gasteiger partial charge in [-0.05, 0) is 46.6 Å². The van der Waals surface area contributed by atoms with Crippen LogP contribution in [0.25, 0.3) is 0 Å². The lowest BCUT2D eigenvalue weighted by molar-refractivity contribution is 0.0594. The van der Waals surface area contributed by atoms with E-state index in [4.69, 9.17) is 4.74 Å². The number of nitrogens with one attached hydrogen (secondary N) is 1. The van der Waals surface area contributed by atoms with Gasteiger partial charge in [0.1, 0.15) is 5.82 Å². The topological polar surface area (TPSA) is 87.7 Å². The minimum Gasteiger partial charge on any atom is -0.464 e. The molecular weight excluding hydrogens is 402 g/mol. The highest BCUT2D eigenvalue weighted by Crippen LogP contribution is 2.39. The first-order valence-corrected chi connectivity index (χ1v) is 8.92. The lowest BCUT2D eigenvalue weighted by atomic mass is 10.2. The number of carbonyl (C=O) groups is 2. The highest BCUT2D eigenvalue weighted by molar-refractivity contribution is 9.10. The molecular formula is C17H16BrN5O3. The number of pyridine rings is 2. The molecule has 2 aliphatic rings. The van der Waals surface area contributed by atoms with Crippen molar-refractivity contribution in [2.75, 3.05) is 35.3 Å². The molecule has 2 bridgehead atoms. The Kier molecular flexibility index (Phi) is 4.23. The maximum Gasteiger partial charge on any atom is 0.356 e. The zero-order valence-corrected chi connectivity index (χ0v) is 15.6. The fraction of sp³-hybridized carbons (Fsp3) is 0.294. The van der Waals surface area contributed by atoms with Crippen molar-refractivity contribution in [2.24, 2.45) is 0 Å². The van der Waals surface area contributed by atoms with Crippen LogP contribution in [0.4, 0.5) is 22.1 Å². The maximum absolute atomic E-state index is 12.9. The summed E-state index contributed by atoms with van der Waals surface area (Å²) in [6, 6.07) is 6.63. The Hall–Kier alpha value is -2.68. The summed E-state index contributed by atoms with van der Waals surface area (Å²) in [6.07, 6.45) is 2.45. The van der Waals surface area contributed by atoms with Gasteiger partial charge in [0.15, 0.2) is 11.5 Å². The number of urea groups is 1. The molecule has 1 atom stereocenters. The van der Waals surface area contributed by atoms with Crippen LogP contribution in [-0.2, 0) is 4.74 Å². The van der Waals surface area contributed by atoms with E-state index in [0.29, 0.717) is 11.6 Å². The quantitative estimate of drug-likeness (QED) is 0.755. The Balaban J connectivity index is 1.68. The van der Waals surface area contributed by atoms with Crippen LogP contribution >= 0.6 is 15.9 Å². The number of fused-ring (bicyclic) bond motifs is 4. The van der Waals surface area contributed by atoms with E-state index in [1.165, 1.54) is 7.11 Å². The van der Waals surface area contributed by atoms with Crippen molar-refractivity contribution >= 4 is 45.3 Å². The fourth-order valence-electron chi connectivity index (χ4n) is 3.31. The number of carbonyl (C=O) groups excluding carboxylic acids is 2. The second-order valence-electron chi connectivity index (χ2n) is 6.08. The van der Waals surface area contributed by atoms with Gasteiger partial charge in [0.25, 0.3) is 0 Å². The normalized spacial score (nSPS) is 17.7. The van der Waals surface area contributed by atoms with E-state index in [1.54, 1.807) is 29.3 Å². The lowest BCUT2D eigenvalue weighted by Gasteiger charge is -2.35. The molecule has 0 spiro atoms. The highest BCUT2D eigenvalue weighted by Gasteiger charge is 2.40. The van der Waals surface area contributed by atoms with Gasteiger partial charge in [-0.1, -0.05) is 0 Å². The number of anilines is 3. The third kappa shape index (κ3) is 2.88. The van der Waals surface area contributed by atoms with Crippen molar-refractivity contribution in [3.05, 3.63) is 40.6 Å². The van der Waals surface area contributed by atoms with E-state index in [0.717, 1.165) is 29.7 Å². The summed E-state index contributed by atoms with van der Waals surface area (Å²) in [7, 11) is 1.31. The molecule has 4 rings (SSSR count). The monoisotopic (exact) mass is 417 g/mol. The van der Waals surface area contributed by atoms with Gasteiger partial charge in [0, 0.05) is 23.8 Å². The summed E-state index contributed by atoms with van der Waals surface area (Å²) in [4.78, 5) is 37.2. The first-order chi connectivity index (χ1) is 12.6. The minimum absolute atomic E-state index is 0.00153. The number of esters is 1. The highest BCUT2D eigenvalue weighted by atomic mass is 79.9. The molecule has 9 heteroatoms. The van der Waals surface area contributed by atoms with Gasteiger partial charge in [0.05, 0.1) is 18.8 Å². The molecule has 2 amide bonds. The standard InChI is InChI=1S/C17H16BrN5O3/c1-26-16(24)12-3-4-13-15(20-12)23(11-6-7-22(13)9-11)17(25)21-14-5-2-10(18)8-19-14/h2-5,8,11H,6-7,9H2,1H3,(H,19,21,25). The number of aromatic nitrogens is 2. The third-order valence-corrected chi connectivity index (χ3v) is 5.00. The van der Waals surface area contributed by atoms with Crippen molar-refractivity contribution in [3.8, 4) is 0 Å². The molecule has 1 unspecified atom stereocenters. The van der Waals surface area contributed by atoms with E-state index in [-0.39, 0.29) is 17.8 Å². The summed E-state index contributed by atoms with van der Waals surface area (Å²) in [5, 5.41) is 2.81. The fourth-order valence-corrected chi connectivity index (χ4v) is 3.54. The van der Waals surface area contributed by atoms with E-state index in [2.05, 4.69) is 36.1 Å². The first-order valence-electron chi connectivity index (χ1n) is 8.13. The minimum atomic E-state index is -0.532. The maximum atomic E-state index is 12.9. The Bertz CT molecular complexity index is 873. The molecule has 0 radical (unpaired) electrons. The van der Waals surface area contributed by atoms with Gasteiger partial charge in [-0.15, -0.1) is 0 Å². The summed E-state index contributed by atoms with van der Waals surface area (Å²) >= 11 is 3.32. The first kappa shape index (κ1) is 16.8. The molecule has 2 aromatic heterocycles. The number of ether oxygens (including phenoxy) is 1. The summed E-state index contributed by atoms with van der Waals surface area (Å²) < 4.78 is 5.58. The van der Waals surface area contributed by atoms with Gasteiger partial charge in [0.2, 0.25) is 0 Å². The average molecular weight is 418 g/mol. The van der Waals surface area contributed by atoms with Crippen LogP contribution in [-0.4, -0.2) is 48.2 Å². The van der Waals surface area contributed by atoms with Crippen molar-refractivity contribution in [1.82, 2.24) is 9.97 Å². The molecule has 4 heterocycles. The van der Waals surface area contributed by atoms with E-state index in [9.17, 15) is 9.59 Å². The zero-order valence-electron chi connectivity index (χ0n) is 14.0. The lowest BCUT2D eigenvalue weighted by Crippen LogP contribution is -2.48. The second-order valence-corrected chi connectivity index (χ2v) is 7.00. The zero-order chi connectivity index (χ0) is 18.3. The molecule has 1 fully saturated rings. The smallest absolute Gasteiger partial charge is 0.356 e. The molecule has 0 aliphatic carbocycles. The van der Waals surface area contributed by atoms with E-state index in [1.807, 2.05) is 6.07 Å². The molecule has 1 saturated heterocycles. The summed E-state index contributed by atoms with van der Waals surface area (Å²) in [5.41, 5.74) is 1.01. The van der Waals surface area contributed by atoms with Crippen molar-refractivity contribution < 1.29 is 14.3 Å². The summed E-state index contributed by atoms with van der Waals surface area (Å²) in [5.74, 6) is 0.385. The van der Waals surface area contributed by atoms with Gasteiger partial charge >= 0.3 is 12.0 Å². The Morgan fingerprint density at radius 1 is 1.31 bits per heavy atom. The van der Waals surface area contributed by atoms with Crippen molar-refractivity contribution in [3.63, 3.8) is 0 Å². The number of methoxy groups -OCH3 is 1. The predicted molar refractivity (Wildman–Crippen MR) is 99.6 cm³/mol. The van der Waals surface area contributed by atoms with Gasteiger partial charge < -0.3 is 9.64 Å². The van der Waals surface area contributed by atoms with Crippen LogP contribution in [0.3, 0.4) is 0 Å². The van der Waals surface area contributed by atoms with Gasteiger partial charge in [-0.25, -0.2) is 19.6 Å². The van der Waals surface area contributed by atoms with Crippen LogP contribution in [0, 0.1) is 0 Å². The number of hydrogen-bond donors (Lipinski definition) is 1. The number of amides is 2. The number of halogens is 1. The van der Waals surface area contributed by atoms with E-state index < -0.39 is 5.97 Å². The SMILES string of the molecule is COC(=O)c1ccc2c(n1)N(C(=O)Nc1ccc(Br)cn1)C1CCN2C1. The third-order valence-electron chi connectivity index (χ3n) is 4.53. The van der Waals surface area contributed by atoms with Gasteiger partial charge in [-0.2, -0.15) is 0 Å². The van der Waals surface area contributed by atoms with Crippen LogP contribution in [0.2, 0.25) is 0 Å². The van der Waals surface area contributed by atoms with Crippen LogP contribution in [0.5, 0.6) is 0 Å². The van der Waals surface area contributed by atoms with Gasteiger partial charge in [-0.3, -0.25) is 10.2 Å². The van der Waals surface area contributed by atoms with Crippen molar-refractivity contribution in [1.29, 1.82) is 0 Å². The molecule has 2 aliphatic heterocycles. The molecule has 2 aromatic rings. The molecule has 0 aromatic carbocycles. The molecule has 8 nitrogen and oxygen atoms in total. The van der Waals surface area contributed by atoms with Crippen LogP contribution in [0.1, 0.15) is 16.9 Å². The predicted octanol–water partition coefficient (Wildman–Crippen LogP) is 2.66. The Morgan fingerprint density at radius 3 is 2.88 bits per heavy atom. The molecule has 134 valence electrons. The van der Waals surface area contributed by atoms with Crippen LogP contribution in [0.15, 0.2) is 34.9 Å². The second kappa shape index (κ2) is 6.56. The Labute approximate surface area is 158 Å². The summed E-state index contributed by atoms with van der Waals surface area (Å²) in [6.45, 7) is 1.59. The van der Waals surface area contributed by atoms with Crippen LogP contribution < -0.4 is 15.1 Å². The van der Waals surface area contributed by atoms with Crippen molar-refractivity contribution in [2.45, 2.75) is 12.5 Å². The molecule has 0 saturated carbocycles. The number of rotatable bonds is 2. The molecule has 1 N–H and O–H groups in total. The number of hydrogen-bond acceptors (Lipinski definition) is 6. The molecule has 26 heavy (non-hydrogen) atoms.